The summed E-state index contributed by atoms with van der Waals surface area (Å²) in [7, 11) is 3.26. The Morgan fingerprint density at radius 2 is 2.00 bits per heavy atom. The van der Waals surface area contributed by atoms with E-state index in [2.05, 4.69) is 16.5 Å². The molecule has 0 aliphatic carbocycles. The molecule has 5 nitrogen and oxygen atoms in total. The number of ether oxygens (including phenoxy) is 2. The Hall–Kier alpha value is -2.01. The van der Waals surface area contributed by atoms with Crippen LogP contribution in [0.2, 0.25) is 0 Å². The Balaban J connectivity index is 2.17. The van der Waals surface area contributed by atoms with Crippen molar-refractivity contribution in [3.05, 3.63) is 42.0 Å². The van der Waals surface area contributed by atoms with Crippen molar-refractivity contribution in [2.75, 3.05) is 14.2 Å². The summed E-state index contributed by atoms with van der Waals surface area (Å²) in [6, 6.07) is 5.72. The summed E-state index contributed by atoms with van der Waals surface area (Å²) >= 11 is 0. The molecule has 5 heteroatoms. The molecule has 0 fully saturated rings. The second kappa shape index (κ2) is 6.43. The van der Waals surface area contributed by atoms with Crippen molar-refractivity contribution in [1.82, 2.24) is 9.55 Å². The van der Waals surface area contributed by atoms with E-state index in [1.54, 1.807) is 20.4 Å². The van der Waals surface area contributed by atoms with E-state index in [-0.39, 0.29) is 6.04 Å². The largest absolute Gasteiger partial charge is 0.493 e. The Bertz CT molecular complexity index is 566. The van der Waals surface area contributed by atoms with Gasteiger partial charge in [0.2, 0.25) is 0 Å². The molecule has 2 aromatic rings. The van der Waals surface area contributed by atoms with Gasteiger partial charge in [0.1, 0.15) is 5.82 Å². The molecule has 2 rings (SSSR count). The maximum atomic E-state index is 6.25. The molecule has 0 saturated carbocycles. The summed E-state index contributed by atoms with van der Waals surface area (Å²) < 4.78 is 12.6. The fourth-order valence-electron chi connectivity index (χ4n) is 2.27. The molecule has 0 aliphatic heterocycles. The number of benzene rings is 1. The van der Waals surface area contributed by atoms with Gasteiger partial charge in [0, 0.05) is 18.9 Å². The van der Waals surface area contributed by atoms with Crippen LogP contribution in [0.5, 0.6) is 11.5 Å². The van der Waals surface area contributed by atoms with Gasteiger partial charge in [-0.2, -0.15) is 0 Å². The van der Waals surface area contributed by atoms with E-state index >= 15 is 0 Å². The number of rotatable bonds is 6. The van der Waals surface area contributed by atoms with Crippen LogP contribution in [0, 0.1) is 0 Å². The molecule has 1 aromatic carbocycles. The maximum Gasteiger partial charge on any atom is 0.160 e. The number of nitrogens with zero attached hydrogens (tertiary/aromatic N) is 2. The van der Waals surface area contributed by atoms with E-state index in [1.165, 1.54) is 0 Å². The minimum Gasteiger partial charge on any atom is -0.493 e. The number of hydrogen-bond donors (Lipinski definition) is 1. The van der Waals surface area contributed by atoms with Crippen molar-refractivity contribution in [2.24, 2.45) is 5.73 Å². The van der Waals surface area contributed by atoms with Crippen molar-refractivity contribution in [3.63, 3.8) is 0 Å². The van der Waals surface area contributed by atoms with Crippen LogP contribution in [0.3, 0.4) is 0 Å². The Morgan fingerprint density at radius 1 is 1.25 bits per heavy atom. The zero-order valence-electron chi connectivity index (χ0n) is 12.2. The maximum absolute atomic E-state index is 6.25. The first-order valence-corrected chi connectivity index (χ1v) is 6.67. The minimum absolute atomic E-state index is 0.136. The smallest absolute Gasteiger partial charge is 0.160 e. The van der Waals surface area contributed by atoms with E-state index in [0.717, 1.165) is 29.4 Å². The van der Waals surface area contributed by atoms with Crippen molar-refractivity contribution in [2.45, 2.75) is 25.9 Å². The molecule has 0 radical (unpaired) electrons. The first-order chi connectivity index (χ1) is 9.69. The van der Waals surface area contributed by atoms with Crippen LogP contribution in [0.15, 0.2) is 30.6 Å². The summed E-state index contributed by atoms with van der Waals surface area (Å²) in [5, 5.41) is 0. The molecule has 1 unspecified atom stereocenters. The molecule has 0 spiro atoms. The standard InChI is InChI=1S/C15H21N3O2/c1-4-18-8-7-17-15(18)12(16)9-11-5-6-13(19-2)14(10-11)20-3/h5-8,10,12H,4,9,16H2,1-3H3. The molecular weight excluding hydrogens is 254 g/mol. The lowest BCUT2D eigenvalue weighted by Crippen LogP contribution is -2.18. The molecule has 108 valence electrons. The third kappa shape index (κ3) is 2.93. The van der Waals surface area contributed by atoms with Crippen molar-refractivity contribution < 1.29 is 9.47 Å². The molecule has 0 amide bonds. The molecule has 2 N–H and O–H groups in total. The Morgan fingerprint density at radius 3 is 2.65 bits per heavy atom. The summed E-state index contributed by atoms with van der Waals surface area (Å²) in [6.07, 6.45) is 4.44. The average Bonchev–Trinajstić information content (AvgIpc) is 2.95. The van der Waals surface area contributed by atoms with Crippen LogP contribution >= 0.6 is 0 Å². The molecular formula is C15H21N3O2. The highest BCUT2D eigenvalue weighted by Gasteiger charge is 2.14. The van der Waals surface area contributed by atoms with Crippen LogP contribution < -0.4 is 15.2 Å². The molecule has 1 aromatic heterocycles. The van der Waals surface area contributed by atoms with E-state index in [1.807, 2.05) is 24.4 Å². The summed E-state index contributed by atoms with van der Waals surface area (Å²) in [5.74, 6) is 2.35. The van der Waals surface area contributed by atoms with Gasteiger partial charge in [0.15, 0.2) is 11.5 Å². The number of aromatic nitrogens is 2. The Labute approximate surface area is 119 Å². The number of aryl methyl sites for hydroxylation is 1. The van der Waals surface area contributed by atoms with Crippen LogP contribution in [-0.2, 0) is 13.0 Å². The number of imidazole rings is 1. The lowest BCUT2D eigenvalue weighted by atomic mass is 10.1. The van der Waals surface area contributed by atoms with Gasteiger partial charge in [-0.3, -0.25) is 0 Å². The quantitative estimate of drug-likeness (QED) is 0.877. The second-order valence-electron chi connectivity index (χ2n) is 4.57. The molecule has 0 saturated heterocycles. The normalized spacial score (nSPS) is 12.2. The van der Waals surface area contributed by atoms with Gasteiger partial charge >= 0.3 is 0 Å². The first-order valence-electron chi connectivity index (χ1n) is 6.67. The van der Waals surface area contributed by atoms with Crippen LogP contribution in [0.4, 0.5) is 0 Å². The molecule has 1 heterocycles. The van der Waals surface area contributed by atoms with Gasteiger partial charge in [-0.05, 0) is 31.0 Å². The monoisotopic (exact) mass is 275 g/mol. The first kappa shape index (κ1) is 14.4. The highest BCUT2D eigenvalue weighted by molar-refractivity contribution is 5.43. The number of methoxy groups -OCH3 is 2. The summed E-state index contributed by atoms with van der Waals surface area (Å²) in [5.41, 5.74) is 7.35. The Kier molecular flexibility index (Phi) is 4.63. The van der Waals surface area contributed by atoms with E-state index in [0.29, 0.717) is 6.42 Å². The van der Waals surface area contributed by atoms with Gasteiger partial charge in [0.25, 0.3) is 0 Å². The third-order valence-corrected chi connectivity index (χ3v) is 3.32. The van der Waals surface area contributed by atoms with Gasteiger partial charge < -0.3 is 19.8 Å². The van der Waals surface area contributed by atoms with Gasteiger partial charge in [-0.25, -0.2) is 4.98 Å². The van der Waals surface area contributed by atoms with Crippen molar-refractivity contribution >= 4 is 0 Å². The topological polar surface area (TPSA) is 62.3 Å². The van der Waals surface area contributed by atoms with Gasteiger partial charge in [-0.1, -0.05) is 6.07 Å². The van der Waals surface area contributed by atoms with E-state index in [4.69, 9.17) is 15.2 Å². The molecule has 0 bridgehead atoms. The minimum atomic E-state index is -0.136. The van der Waals surface area contributed by atoms with E-state index < -0.39 is 0 Å². The van der Waals surface area contributed by atoms with Gasteiger partial charge in [0.05, 0.1) is 20.3 Å². The SMILES string of the molecule is CCn1ccnc1C(N)Cc1ccc(OC)c(OC)c1. The third-order valence-electron chi connectivity index (χ3n) is 3.32. The second-order valence-corrected chi connectivity index (χ2v) is 4.57. The highest BCUT2D eigenvalue weighted by atomic mass is 16.5. The molecule has 20 heavy (non-hydrogen) atoms. The molecule has 0 aliphatic rings. The zero-order chi connectivity index (χ0) is 14.5. The van der Waals surface area contributed by atoms with E-state index in [9.17, 15) is 0 Å². The number of hydrogen-bond acceptors (Lipinski definition) is 4. The van der Waals surface area contributed by atoms with Crippen LogP contribution in [0.25, 0.3) is 0 Å². The van der Waals surface area contributed by atoms with Crippen molar-refractivity contribution in [1.29, 1.82) is 0 Å². The summed E-state index contributed by atoms with van der Waals surface area (Å²) in [4.78, 5) is 4.34. The van der Waals surface area contributed by atoms with Crippen LogP contribution in [0.1, 0.15) is 24.4 Å². The highest BCUT2D eigenvalue weighted by Crippen LogP contribution is 2.29. The lowest BCUT2D eigenvalue weighted by molar-refractivity contribution is 0.354. The predicted octanol–water partition coefficient (Wildman–Crippen LogP) is 2.16. The van der Waals surface area contributed by atoms with Crippen molar-refractivity contribution in [3.8, 4) is 11.5 Å². The van der Waals surface area contributed by atoms with Gasteiger partial charge in [-0.15, -0.1) is 0 Å². The summed E-state index contributed by atoms with van der Waals surface area (Å²) in [6.45, 7) is 2.95. The average molecular weight is 275 g/mol. The zero-order valence-corrected chi connectivity index (χ0v) is 12.2. The number of nitrogens with two attached hydrogens (primary N) is 1. The predicted molar refractivity (Wildman–Crippen MR) is 78.1 cm³/mol. The molecule has 1 atom stereocenters. The fourth-order valence-corrected chi connectivity index (χ4v) is 2.27. The lowest BCUT2D eigenvalue weighted by Gasteiger charge is -2.14. The fraction of sp³-hybridized carbons (Fsp3) is 0.400. The van der Waals surface area contributed by atoms with Crippen LogP contribution in [-0.4, -0.2) is 23.8 Å².